The van der Waals surface area contributed by atoms with Crippen molar-refractivity contribution in [1.29, 1.82) is 0 Å². The Bertz CT molecular complexity index is 1250. The Balaban J connectivity index is 1.25. The van der Waals surface area contributed by atoms with Crippen molar-refractivity contribution >= 4 is 17.5 Å². The summed E-state index contributed by atoms with van der Waals surface area (Å²) in [7, 11) is 0. The second-order valence-electron chi connectivity index (χ2n) is 7.75. The maximum atomic E-state index is 12.3. The van der Waals surface area contributed by atoms with Crippen LogP contribution in [-0.2, 0) is 17.8 Å². The summed E-state index contributed by atoms with van der Waals surface area (Å²) in [5, 5.41) is 3.49. The molecule has 0 bridgehead atoms. The van der Waals surface area contributed by atoms with Crippen molar-refractivity contribution in [2.75, 3.05) is 0 Å². The third kappa shape index (κ3) is 5.99. The Labute approximate surface area is 197 Å². The first-order valence-corrected chi connectivity index (χ1v) is 11.0. The number of carbonyl (C=O) groups excluding carboxylic acids is 1. The first-order chi connectivity index (χ1) is 16.0. The third-order valence-electron chi connectivity index (χ3n) is 5.10. The number of nitrogens with zero attached hydrogens (tertiary/aromatic N) is 2. The highest BCUT2D eigenvalue weighted by atomic mass is 35.5. The summed E-state index contributed by atoms with van der Waals surface area (Å²) >= 11 is 6.19. The van der Waals surface area contributed by atoms with Gasteiger partial charge in [0.1, 0.15) is 5.75 Å². The predicted molar refractivity (Wildman–Crippen MR) is 127 cm³/mol. The standard InChI is InChI=1S/C26H24ClN3O3/c1-17-7-8-18(2)22(13-17)32-25-11-9-19(15-29-25)14-28-24(31)10-12-26-30-16-23(33-26)20-5-3-4-6-21(20)27/h3-9,11,13,15-16H,10,12,14H2,1-2H3,(H,28,31). The Kier molecular flexibility index (Phi) is 7.05. The van der Waals surface area contributed by atoms with Gasteiger partial charge in [-0.25, -0.2) is 9.97 Å². The molecule has 4 rings (SSSR count). The van der Waals surface area contributed by atoms with Crippen LogP contribution in [0.1, 0.15) is 29.0 Å². The highest BCUT2D eigenvalue weighted by molar-refractivity contribution is 6.33. The maximum Gasteiger partial charge on any atom is 0.220 e. The van der Waals surface area contributed by atoms with Gasteiger partial charge in [0.2, 0.25) is 11.8 Å². The number of nitrogens with one attached hydrogen (secondary N) is 1. The molecule has 0 aliphatic carbocycles. The van der Waals surface area contributed by atoms with Gasteiger partial charge in [0.15, 0.2) is 11.7 Å². The second kappa shape index (κ2) is 10.3. The molecule has 0 fully saturated rings. The molecule has 0 unspecified atom stereocenters. The van der Waals surface area contributed by atoms with Crippen molar-refractivity contribution in [3.05, 3.63) is 94.6 Å². The van der Waals surface area contributed by atoms with E-state index in [0.29, 0.717) is 35.5 Å². The molecule has 0 aliphatic heterocycles. The van der Waals surface area contributed by atoms with Gasteiger partial charge < -0.3 is 14.5 Å². The summed E-state index contributed by atoms with van der Waals surface area (Å²) in [5.41, 5.74) is 3.83. The topological polar surface area (TPSA) is 77.2 Å². The number of hydrogen-bond donors (Lipinski definition) is 1. The third-order valence-corrected chi connectivity index (χ3v) is 5.43. The number of pyridine rings is 1. The highest BCUT2D eigenvalue weighted by Gasteiger charge is 2.11. The number of aryl methyl sites for hydroxylation is 3. The fourth-order valence-corrected chi connectivity index (χ4v) is 3.46. The summed E-state index contributed by atoms with van der Waals surface area (Å²) < 4.78 is 11.6. The molecule has 2 aromatic heterocycles. The molecule has 33 heavy (non-hydrogen) atoms. The van der Waals surface area contributed by atoms with Crippen molar-refractivity contribution in [2.45, 2.75) is 33.2 Å². The van der Waals surface area contributed by atoms with Crippen molar-refractivity contribution in [3.63, 3.8) is 0 Å². The Hall–Kier alpha value is -3.64. The number of amides is 1. The molecule has 2 heterocycles. The fourth-order valence-electron chi connectivity index (χ4n) is 3.23. The van der Waals surface area contributed by atoms with Gasteiger partial charge in [-0.05, 0) is 48.7 Å². The van der Waals surface area contributed by atoms with E-state index in [-0.39, 0.29) is 12.3 Å². The largest absolute Gasteiger partial charge is 0.441 e. The Morgan fingerprint density at radius 3 is 2.70 bits per heavy atom. The minimum Gasteiger partial charge on any atom is -0.441 e. The first kappa shape index (κ1) is 22.6. The van der Waals surface area contributed by atoms with Gasteiger partial charge in [-0.3, -0.25) is 4.79 Å². The van der Waals surface area contributed by atoms with Gasteiger partial charge in [0.25, 0.3) is 0 Å². The molecule has 1 N–H and O–H groups in total. The van der Waals surface area contributed by atoms with Gasteiger partial charge in [0.05, 0.1) is 11.2 Å². The molecule has 0 saturated carbocycles. The van der Waals surface area contributed by atoms with Crippen LogP contribution in [0.4, 0.5) is 0 Å². The molecule has 0 saturated heterocycles. The lowest BCUT2D eigenvalue weighted by Gasteiger charge is -2.09. The normalized spacial score (nSPS) is 10.8. The lowest BCUT2D eigenvalue weighted by molar-refractivity contribution is -0.121. The molecule has 1 amide bonds. The van der Waals surface area contributed by atoms with E-state index < -0.39 is 0 Å². The molecule has 0 spiro atoms. The zero-order chi connectivity index (χ0) is 23.2. The average molecular weight is 462 g/mol. The van der Waals surface area contributed by atoms with E-state index in [9.17, 15) is 4.79 Å². The van der Waals surface area contributed by atoms with Crippen LogP contribution < -0.4 is 10.1 Å². The molecular formula is C26H24ClN3O3. The minimum atomic E-state index is -0.0943. The van der Waals surface area contributed by atoms with Crippen LogP contribution in [0.15, 0.2) is 71.4 Å². The van der Waals surface area contributed by atoms with Crippen molar-refractivity contribution in [1.82, 2.24) is 15.3 Å². The molecule has 7 heteroatoms. The number of halogens is 1. The zero-order valence-electron chi connectivity index (χ0n) is 18.5. The summed E-state index contributed by atoms with van der Waals surface area (Å²) in [6, 6.07) is 17.1. The van der Waals surface area contributed by atoms with E-state index in [2.05, 4.69) is 15.3 Å². The lowest BCUT2D eigenvalue weighted by Crippen LogP contribution is -2.23. The van der Waals surface area contributed by atoms with Crippen LogP contribution in [0.25, 0.3) is 11.3 Å². The Morgan fingerprint density at radius 1 is 1.06 bits per heavy atom. The molecule has 0 radical (unpaired) electrons. The smallest absolute Gasteiger partial charge is 0.220 e. The van der Waals surface area contributed by atoms with Gasteiger partial charge in [-0.1, -0.05) is 41.9 Å². The molecule has 168 valence electrons. The molecule has 4 aromatic rings. The van der Waals surface area contributed by atoms with Crippen molar-refractivity contribution in [3.8, 4) is 23.0 Å². The molecule has 2 aromatic carbocycles. The van der Waals surface area contributed by atoms with Crippen LogP contribution in [0.5, 0.6) is 11.6 Å². The number of rotatable bonds is 8. The lowest BCUT2D eigenvalue weighted by atomic mass is 10.1. The van der Waals surface area contributed by atoms with E-state index in [0.717, 1.165) is 28.0 Å². The summed E-state index contributed by atoms with van der Waals surface area (Å²) in [5.74, 6) is 2.29. The summed E-state index contributed by atoms with van der Waals surface area (Å²) in [4.78, 5) is 20.8. The number of aromatic nitrogens is 2. The van der Waals surface area contributed by atoms with Gasteiger partial charge >= 0.3 is 0 Å². The SMILES string of the molecule is Cc1ccc(C)c(Oc2ccc(CNC(=O)CCc3ncc(-c4ccccc4Cl)o3)cn2)c1. The van der Waals surface area contributed by atoms with Gasteiger partial charge in [-0.2, -0.15) is 0 Å². The number of benzene rings is 2. The number of hydrogen-bond acceptors (Lipinski definition) is 5. The van der Waals surface area contributed by atoms with Crippen molar-refractivity contribution < 1.29 is 13.9 Å². The van der Waals surface area contributed by atoms with Gasteiger partial charge in [0, 0.05) is 37.2 Å². The number of carbonyl (C=O) groups is 1. The fraction of sp³-hybridized carbons (Fsp3) is 0.192. The van der Waals surface area contributed by atoms with E-state index >= 15 is 0 Å². The molecular weight excluding hydrogens is 438 g/mol. The summed E-state index contributed by atoms with van der Waals surface area (Å²) in [6.45, 7) is 4.39. The van der Waals surface area contributed by atoms with Crippen LogP contribution in [-0.4, -0.2) is 15.9 Å². The molecule has 0 atom stereocenters. The van der Waals surface area contributed by atoms with Crippen LogP contribution in [0.2, 0.25) is 5.02 Å². The maximum absolute atomic E-state index is 12.3. The zero-order valence-corrected chi connectivity index (χ0v) is 19.2. The van der Waals surface area contributed by atoms with E-state index in [1.807, 2.05) is 56.3 Å². The van der Waals surface area contributed by atoms with Gasteiger partial charge in [-0.15, -0.1) is 0 Å². The molecule has 0 aliphatic rings. The van der Waals surface area contributed by atoms with E-state index in [1.54, 1.807) is 24.5 Å². The highest BCUT2D eigenvalue weighted by Crippen LogP contribution is 2.28. The van der Waals surface area contributed by atoms with E-state index in [4.69, 9.17) is 20.8 Å². The average Bonchev–Trinajstić information content (AvgIpc) is 3.29. The minimum absolute atomic E-state index is 0.0943. The van der Waals surface area contributed by atoms with Crippen LogP contribution in [0, 0.1) is 13.8 Å². The Morgan fingerprint density at radius 2 is 1.91 bits per heavy atom. The van der Waals surface area contributed by atoms with Crippen LogP contribution >= 0.6 is 11.6 Å². The molecule has 6 nitrogen and oxygen atoms in total. The number of ether oxygens (including phenoxy) is 1. The predicted octanol–water partition coefficient (Wildman–Crippen LogP) is 6.05. The van der Waals surface area contributed by atoms with E-state index in [1.165, 1.54) is 0 Å². The number of oxazole rings is 1. The quantitative estimate of drug-likeness (QED) is 0.345. The monoisotopic (exact) mass is 461 g/mol. The van der Waals surface area contributed by atoms with Crippen molar-refractivity contribution in [2.24, 2.45) is 0 Å². The van der Waals surface area contributed by atoms with Crippen LogP contribution in [0.3, 0.4) is 0 Å². The summed E-state index contributed by atoms with van der Waals surface area (Å²) in [6.07, 6.45) is 3.99. The first-order valence-electron chi connectivity index (χ1n) is 10.6. The second-order valence-corrected chi connectivity index (χ2v) is 8.16.